The Morgan fingerprint density at radius 1 is 1.40 bits per heavy atom. The second kappa shape index (κ2) is 8.80. The molecule has 2 N–H and O–H groups in total. The van der Waals surface area contributed by atoms with Gasteiger partial charge in [0.05, 0.1) is 36.6 Å². The number of hydrogen-bond donors (Lipinski definition) is 1. The summed E-state index contributed by atoms with van der Waals surface area (Å²) < 4.78 is 10.8. The van der Waals surface area contributed by atoms with Crippen LogP contribution in [0, 0.1) is 11.3 Å². The molecule has 1 atom stereocenters. The number of esters is 1. The number of aromatic nitrogens is 1. The first-order chi connectivity index (χ1) is 14.4. The van der Waals surface area contributed by atoms with E-state index in [1.807, 2.05) is 0 Å². The molecule has 1 aromatic carbocycles. The zero-order valence-corrected chi connectivity index (χ0v) is 17.5. The van der Waals surface area contributed by atoms with E-state index in [9.17, 15) is 14.9 Å². The number of nitrogens with two attached hydrogens (primary N) is 1. The molecule has 0 aliphatic carbocycles. The molecular formula is C21H20N4O4S. The number of methoxy groups -OCH3 is 1. The molecule has 1 unspecified atom stereocenters. The number of primary amides is 1. The van der Waals surface area contributed by atoms with Crippen molar-refractivity contribution in [2.45, 2.75) is 19.8 Å². The summed E-state index contributed by atoms with van der Waals surface area (Å²) in [5.41, 5.74) is 7.76. The van der Waals surface area contributed by atoms with Gasteiger partial charge in [0.15, 0.2) is 0 Å². The van der Waals surface area contributed by atoms with Crippen LogP contribution in [0.2, 0.25) is 0 Å². The Hall–Kier alpha value is -3.64. The van der Waals surface area contributed by atoms with Gasteiger partial charge in [0, 0.05) is 28.8 Å². The summed E-state index contributed by atoms with van der Waals surface area (Å²) in [5.74, 6) is -0.744. The average Bonchev–Trinajstić information content (AvgIpc) is 3.26. The van der Waals surface area contributed by atoms with Crippen LogP contribution in [0.1, 0.15) is 35.9 Å². The molecule has 1 aliphatic rings. The highest BCUT2D eigenvalue weighted by Crippen LogP contribution is 2.44. The van der Waals surface area contributed by atoms with E-state index >= 15 is 0 Å². The Bertz CT molecular complexity index is 1080. The summed E-state index contributed by atoms with van der Waals surface area (Å²) >= 11 is 1.28. The molecule has 2 aromatic rings. The molecule has 0 bridgehead atoms. The summed E-state index contributed by atoms with van der Waals surface area (Å²) in [6.45, 7) is 3.59. The van der Waals surface area contributed by atoms with E-state index in [-0.39, 0.29) is 17.9 Å². The van der Waals surface area contributed by atoms with Crippen LogP contribution in [0.15, 0.2) is 47.1 Å². The van der Waals surface area contributed by atoms with Crippen molar-refractivity contribution >= 4 is 29.0 Å². The number of carbonyl (C=O) groups excluding carboxylic acids is 2. The number of nitrogens with zero attached hydrogens (tertiary/aromatic N) is 3. The van der Waals surface area contributed by atoms with Crippen LogP contribution < -0.4 is 10.5 Å². The van der Waals surface area contributed by atoms with Crippen LogP contribution in [-0.4, -0.2) is 35.6 Å². The molecule has 0 saturated heterocycles. The number of carbonyl (C=O) groups is 2. The lowest BCUT2D eigenvalue weighted by Crippen LogP contribution is -2.37. The summed E-state index contributed by atoms with van der Waals surface area (Å²) in [5, 5.41) is 11.4. The van der Waals surface area contributed by atoms with Crippen molar-refractivity contribution in [2.75, 3.05) is 13.7 Å². The molecule has 0 fully saturated rings. The van der Waals surface area contributed by atoms with Gasteiger partial charge in [0.1, 0.15) is 10.8 Å². The molecular weight excluding hydrogens is 404 g/mol. The molecule has 1 aromatic heterocycles. The van der Waals surface area contributed by atoms with E-state index < -0.39 is 17.9 Å². The molecule has 0 radical (unpaired) electrons. The van der Waals surface area contributed by atoms with Gasteiger partial charge in [-0.25, -0.2) is 14.6 Å². The van der Waals surface area contributed by atoms with E-state index in [1.54, 1.807) is 49.7 Å². The van der Waals surface area contributed by atoms with Gasteiger partial charge >= 0.3 is 12.0 Å². The van der Waals surface area contributed by atoms with Crippen LogP contribution in [0.5, 0.6) is 5.75 Å². The van der Waals surface area contributed by atoms with Gasteiger partial charge in [0.2, 0.25) is 0 Å². The van der Waals surface area contributed by atoms with Gasteiger partial charge in [-0.2, -0.15) is 5.26 Å². The van der Waals surface area contributed by atoms with Gasteiger partial charge in [-0.1, -0.05) is 12.1 Å². The van der Waals surface area contributed by atoms with Gasteiger partial charge in [0.25, 0.3) is 0 Å². The third kappa shape index (κ3) is 3.77. The topological polar surface area (TPSA) is 119 Å². The first-order valence-electron chi connectivity index (χ1n) is 9.10. The van der Waals surface area contributed by atoms with Crippen molar-refractivity contribution in [3.63, 3.8) is 0 Å². The number of nitriles is 1. The number of urea groups is 1. The van der Waals surface area contributed by atoms with Crippen LogP contribution in [-0.2, 0) is 9.53 Å². The molecule has 9 heteroatoms. The minimum atomic E-state index is -0.735. The highest BCUT2D eigenvalue weighted by molar-refractivity contribution is 7.10. The van der Waals surface area contributed by atoms with Crippen molar-refractivity contribution in [2.24, 2.45) is 5.73 Å². The summed E-state index contributed by atoms with van der Waals surface area (Å²) in [7, 11) is 1.49. The van der Waals surface area contributed by atoms with Crippen LogP contribution >= 0.6 is 11.3 Å². The summed E-state index contributed by atoms with van der Waals surface area (Å²) in [4.78, 5) is 30.9. The highest BCUT2D eigenvalue weighted by Gasteiger charge is 2.38. The number of benzene rings is 1. The average molecular weight is 424 g/mol. The molecule has 8 nitrogen and oxygen atoms in total. The van der Waals surface area contributed by atoms with Crippen LogP contribution in [0.3, 0.4) is 0 Å². The lowest BCUT2D eigenvalue weighted by Gasteiger charge is -2.33. The van der Waals surface area contributed by atoms with Crippen molar-refractivity contribution in [1.82, 2.24) is 9.88 Å². The van der Waals surface area contributed by atoms with Gasteiger partial charge in [-0.3, -0.25) is 4.90 Å². The number of thiazole rings is 1. The van der Waals surface area contributed by atoms with E-state index in [1.165, 1.54) is 23.3 Å². The number of ether oxygens (including phenoxy) is 2. The molecule has 2 heterocycles. The van der Waals surface area contributed by atoms with E-state index in [0.717, 1.165) is 0 Å². The van der Waals surface area contributed by atoms with Gasteiger partial charge < -0.3 is 15.2 Å². The second-order valence-corrected chi connectivity index (χ2v) is 7.24. The highest BCUT2D eigenvalue weighted by atomic mass is 32.1. The number of amides is 2. The second-order valence-electron chi connectivity index (χ2n) is 6.35. The van der Waals surface area contributed by atoms with Crippen molar-refractivity contribution in [1.29, 1.82) is 5.26 Å². The Labute approximate surface area is 177 Å². The van der Waals surface area contributed by atoms with Crippen LogP contribution in [0.4, 0.5) is 4.79 Å². The minimum Gasteiger partial charge on any atom is -0.496 e. The fraction of sp³-hybridized carbons (Fsp3) is 0.238. The predicted molar refractivity (Wildman–Crippen MR) is 111 cm³/mol. The largest absolute Gasteiger partial charge is 0.496 e. The monoisotopic (exact) mass is 424 g/mol. The molecule has 3 rings (SSSR count). The third-order valence-electron chi connectivity index (χ3n) is 4.60. The van der Waals surface area contributed by atoms with E-state index in [4.69, 9.17) is 15.2 Å². The lowest BCUT2D eigenvalue weighted by atomic mass is 9.85. The maximum atomic E-state index is 13.1. The SMILES string of the molecule is CCOC(=O)C1=C(c2nccs2)N(C(N)=O)C(C)=CC1c1ccc(C#N)cc1OC. The molecule has 154 valence electrons. The Balaban J connectivity index is 2.33. The van der Waals surface area contributed by atoms with E-state index in [2.05, 4.69) is 11.1 Å². The summed E-state index contributed by atoms with van der Waals surface area (Å²) in [6.07, 6.45) is 3.33. The number of allylic oxidation sites excluding steroid dienone is 2. The quantitative estimate of drug-likeness (QED) is 0.735. The Kier molecular flexibility index (Phi) is 6.18. The molecule has 2 amide bonds. The third-order valence-corrected chi connectivity index (χ3v) is 5.38. The number of hydrogen-bond acceptors (Lipinski definition) is 7. The maximum Gasteiger partial charge on any atom is 0.337 e. The van der Waals surface area contributed by atoms with Gasteiger partial charge in [-0.15, -0.1) is 11.3 Å². The smallest absolute Gasteiger partial charge is 0.337 e. The zero-order chi connectivity index (χ0) is 21.8. The van der Waals surface area contributed by atoms with Crippen molar-refractivity contribution < 1.29 is 19.1 Å². The fourth-order valence-electron chi connectivity index (χ4n) is 3.39. The standard InChI is InChI=1S/C21H20N4O4S/c1-4-29-20(26)17-15(14-6-5-13(11-22)10-16(14)28-3)9-12(2)25(21(23)27)18(17)19-24-7-8-30-19/h5-10,15H,4H2,1-3H3,(H2,23,27). The minimum absolute atomic E-state index is 0.157. The van der Waals surface area contributed by atoms with Gasteiger partial charge in [-0.05, 0) is 26.0 Å². The predicted octanol–water partition coefficient (Wildman–Crippen LogP) is 3.38. The molecule has 30 heavy (non-hydrogen) atoms. The zero-order valence-electron chi connectivity index (χ0n) is 16.7. The molecule has 1 aliphatic heterocycles. The normalized spacial score (nSPS) is 16.0. The lowest BCUT2D eigenvalue weighted by molar-refractivity contribution is -0.138. The first kappa shape index (κ1) is 21.1. The van der Waals surface area contributed by atoms with Crippen molar-refractivity contribution in [3.05, 3.63) is 63.3 Å². The Morgan fingerprint density at radius 3 is 2.73 bits per heavy atom. The molecule has 0 spiro atoms. The summed E-state index contributed by atoms with van der Waals surface area (Å²) in [6, 6.07) is 6.31. The Morgan fingerprint density at radius 2 is 2.17 bits per heavy atom. The van der Waals surface area contributed by atoms with Crippen molar-refractivity contribution in [3.8, 4) is 11.8 Å². The maximum absolute atomic E-state index is 13.1. The fourth-order valence-corrected chi connectivity index (χ4v) is 4.08. The van der Waals surface area contributed by atoms with E-state index in [0.29, 0.717) is 27.6 Å². The van der Waals surface area contributed by atoms with Crippen LogP contribution in [0.25, 0.3) is 5.70 Å². The first-order valence-corrected chi connectivity index (χ1v) is 9.98. The molecule has 0 saturated carbocycles. The number of rotatable bonds is 5.